The Balaban J connectivity index is 1.39. The van der Waals surface area contributed by atoms with Crippen LogP contribution in [0, 0.1) is 0 Å². The molecule has 0 fully saturated rings. The topological polar surface area (TPSA) is 74.3 Å². The van der Waals surface area contributed by atoms with Crippen molar-refractivity contribution in [2.24, 2.45) is 0 Å². The first-order chi connectivity index (χ1) is 16.0. The molecule has 0 unspecified atom stereocenters. The number of nitrogens with one attached hydrogen (secondary N) is 2. The number of pyridine rings is 1. The Morgan fingerprint density at radius 3 is 2.79 bits per heavy atom. The Labute approximate surface area is 199 Å². The van der Waals surface area contributed by atoms with Gasteiger partial charge in [-0.1, -0.05) is 35.9 Å². The van der Waals surface area contributed by atoms with Crippen LogP contribution in [0.25, 0.3) is 0 Å². The molecule has 1 aliphatic rings. The van der Waals surface area contributed by atoms with Crippen LogP contribution in [0.4, 0.5) is 11.5 Å². The first-order valence-electron chi connectivity index (χ1n) is 11.1. The number of amides is 2. The Morgan fingerprint density at radius 1 is 1.12 bits per heavy atom. The van der Waals surface area contributed by atoms with E-state index in [9.17, 15) is 9.59 Å². The number of aromatic nitrogens is 1. The summed E-state index contributed by atoms with van der Waals surface area (Å²) >= 11 is 6.08. The number of benzene rings is 2. The normalized spacial score (nSPS) is 12.4. The minimum absolute atomic E-state index is 0.111. The molecule has 0 radical (unpaired) electrons. The van der Waals surface area contributed by atoms with E-state index < -0.39 is 0 Å². The van der Waals surface area contributed by atoms with Crippen molar-refractivity contribution in [2.75, 3.05) is 23.3 Å². The third-order valence-electron chi connectivity index (χ3n) is 5.65. The fourth-order valence-corrected chi connectivity index (χ4v) is 4.14. The van der Waals surface area contributed by atoms with E-state index in [-0.39, 0.29) is 11.8 Å². The van der Waals surface area contributed by atoms with Gasteiger partial charge in [0.1, 0.15) is 5.82 Å². The molecule has 6 nitrogen and oxygen atoms in total. The zero-order chi connectivity index (χ0) is 23.2. The highest BCUT2D eigenvalue weighted by molar-refractivity contribution is 6.30. The summed E-state index contributed by atoms with van der Waals surface area (Å²) in [6.07, 6.45) is 2.83. The highest BCUT2D eigenvalue weighted by Crippen LogP contribution is 2.22. The van der Waals surface area contributed by atoms with Gasteiger partial charge in [0.15, 0.2) is 0 Å². The van der Waals surface area contributed by atoms with E-state index in [0.29, 0.717) is 35.8 Å². The maximum Gasteiger partial charge on any atom is 0.251 e. The molecular weight excluding hydrogens is 436 g/mol. The van der Waals surface area contributed by atoms with Crippen molar-refractivity contribution < 1.29 is 9.59 Å². The van der Waals surface area contributed by atoms with Gasteiger partial charge < -0.3 is 15.5 Å². The number of rotatable bonds is 7. The summed E-state index contributed by atoms with van der Waals surface area (Å²) in [5, 5.41) is 6.91. The SMILES string of the molecule is CC(=O)N(Cc1cccc(Cl)c1)c1cccc(C(=O)NCCc2ccc3c(n2)NCCC3)c1. The summed E-state index contributed by atoms with van der Waals surface area (Å²) in [6.45, 7) is 3.32. The molecule has 1 aromatic heterocycles. The van der Waals surface area contributed by atoms with Gasteiger partial charge in [-0.3, -0.25) is 9.59 Å². The van der Waals surface area contributed by atoms with Crippen LogP contribution in [0.1, 0.15) is 40.5 Å². The largest absolute Gasteiger partial charge is 0.370 e. The number of halogens is 1. The van der Waals surface area contributed by atoms with Crippen molar-refractivity contribution in [3.05, 3.63) is 88.1 Å². The number of hydrogen-bond donors (Lipinski definition) is 2. The molecule has 33 heavy (non-hydrogen) atoms. The summed E-state index contributed by atoms with van der Waals surface area (Å²) in [5.41, 5.74) is 4.28. The molecule has 7 heteroatoms. The molecular formula is C26H27ClN4O2. The van der Waals surface area contributed by atoms with Crippen molar-refractivity contribution in [2.45, 2.75) is 32.7 Å². The maximum absolute atomic E-state index is 12.8. The molecule has 3 aromatic rings. The van der Waals surface area contributed by atoms with Gasteiger partial charge in [-0.25, -0.2) is 4.98 Å². The number of hydrogen-bond acceptors (Lipinski definition) is 4. The Hall–Kier alpha value is -3.38. The molecule has 170 valence electrons. The fraction of sp³-hybridized carbons (Fsp3) is 0.269. The van der Waals surface area contributed by atoms with Crippen molar-refractivity contribution in [1.29, 1.82) is 0 Å². The van der Waals surface area contributed by atoms with Gasteiger partial charge in [0.05, 0.1) is 6.54 Å². The van der Waals surface area contributed by atoms with Gasteiger partial charge in [0.2, 0.25) is 5.91 Å². The van der Waals surface area contributed by atoms with Crippen LogP contribution in [0.3, 0.4) is 0 Å². The van der Waals surface area contributed by atoms with Crippen LogP contribution >= 0.6 is 11.6 Å². The average Bonchev–Trinajstić information content (AvgIpc) is 2.82. The Kier molecular flexibility index (Phi) is 7.25. The van der Waals surface area contributed by atoms with Crippen LogP contribution in [0.2, 0.25) is 5.02 Å². The summed E-state index contributed by atoms with van der Waals surface area (Å²) in [7, 11) is 0. The summed E-state index contributed by atoms with van der Waals surface area (Å²) in [4.78, 5) is 31.4. The van der Waals surface area contributed by atoms with Crippen molar-refractivity contribution >= 4 is 34.9 Å². The fourth-order valence-electron chi connectivity index (χ4n) is 3.93. The summed E-state index contributed by atoms with van der Waals surface area (Å²) in [5.74, 6) is 0.667. The molecule has 0 atom stereocenters. The average molecular weight is 463 g/mol. The minimum atomic E-state index is -0.181. The Bertz CT molecular complexity index is 1160. The summed E-state index contributed by atoms with van der Waals surface area (Å²) in [6, 6.07) is 18.6. The Morgan fingerprint density at radius 2 is 1.97 bits per heavy atom. The first-order valence-corrected chi connectivity index (χ1v) is 11.5. The second-order valence-electron chi connectivity index (χ2n) is 8.13. The molecule has 1 aliphatic heterocycles. The van der Waals surface area contributed by atoms with Crippen molar-refractivity contribution in [3.8, 4) is 0 Å². The van der Waals surface area contributed by atoms with Gasteiger partial charge in [-0.2, -0.15) is 0 Å². The number of anilines is 2. The van der Waals surface area contributed by atoms with Crippen LogP contribution < -0.4 is 15.5 Å². The van der Waals surface area contributed by atoms with Gasteiger partial charge >= 0.3 is 0 Å². The van der Waals surface area contributed by atoms with E-state index in [1.54, 1.807) is 29.2 Å². The van der Waals surface area contributed by atoms with Gasteiger partial charge in [0.25, 0.3) is 5.91 Å². The highest BCUT2D eigenvalue weighted by Gasteiger charge is 2.15. The van der Waals surface area contributed by atoms with E-state index in [0.717, 1.165) is 36.5 Å². The number of aryl methyl sites for hydroxylation is 1. The lowest BCUT2D eigenvalue weighted by molar-refractivity contribution is -0.116. The zero-order valence-corrected chi connectivity index (χ0v) is 19.4. The highest BCUT2D eigenvalue weighted by atomic mass is 35.5. The molecule has 2 N–H and O–H groups in total. The zero-order valence-electron chi connectivity index (χ0n) is 18.6. The lowest BCUT2D eigenvalue weighted by atomic mass is 10.1. The molecule has 0 bridgehead atoms. The monoisotopic (exact) mass is 462 g/mol. The lowest BCUT2D eigenvalue weighted by Gasteiger charge is -2.22. The molecule has 0 spiro atoms. The molecule has 4 rings (SSSR count). The number of nitrogens with zero attached hydrogens (tertiary/aromatic N) is 2. The summed E-state index contributed by atoms with van der Waals surface area (Å²) < 4.78 is 0. The number of carbonyl (C=O) groups excluding carboxylic acids is 2. The first kappa shape index (κ1) is 22.8. The van der Waals surface area contributed by atoms with Gasteiger partial charge in [-0.05, 0) is 60.4 Å². The van der Waals surface area contributed by atoms with Crippen LogP contribution in [0.15, 0.2) is 60.7 Å². The molecule has 2 aromatic carbocycles. The van der Waals surface area contributed by atoms with E-state index in [2.05, 4.69) is 21.7 Å². The van der Waals surface area contributed by atoms with E-state index in [1.807, 2.05) is 30.3 Å². The van der Waals surface area contributed by atoms with E-state index in [1.165, 1.54) is 12.5 Å². The molecule has 0 aliphatic carbocycles. The minimum Gasteiger partial charge on any atom is -0.370 e. The van der Waals surface area contributed by atoms with Crippen molar-refractivity contribution in [1.82, 2.24) is 10.3 Å². The predicted octanol–water partition coefficient (Wildman–Crippen LogP) is 4.62. The van der Waals surface area contributed by atoms with Gasteiger partial charge in [-0.15, -0.1) is 0 Å². The lowest BCUT2D eigenvalue weighted by Crippen LogP contribution is -2.29. The maximum atomic E-state index is 12.8. The molecule has 2 heterocycles. The number of fused-ring (bicyclic) bond motifs is 1. The third-order valence-corrected chi connectivity index (χ3v) is 5.88. The molecule has 2 amide bonds. The third kappa shape index (κ3) is 5.90. The van der Waals surface area contributed by atoms with Crippen molar-refractivity contribution in [3.63, 3.8) is 0 Å². The van der Waals surface area contributed by atoms with Crippen LogP contribution in [0.5, 0.6) is 0 Å². The predicted molar refractivity (Wildman–Crippen MR) is 132 cm³/mol. The molecule has 0 saturated heterocycles. The molecule has 0 saturated carbocycles. The van der Waals surface area contributed by atoms with E-state index in [4.69, 9.17) is 11.6 Å². The smallest absolute Gasteiger partial charge is 0.251 e. The van der Waals surface area contributed by atoms with Crippen LogP contribution in [-0.2, 0) is 24.2 Å². The second-order valence-corrected chi connectivity index (χ2v) is 8.57. The standard InChI is InChI=1S/C26H27ClN4O2/c1-18(32)31(17-19-5-2-8-22(27)15-19)24-9-3-6-21(16-24)26(33)29-14-12-23-11-10-20-7-4-13-28-25(20)30-23/h2-3,5-6,8-11,15-16H,4,7,12-14,17H2,1H3,(H,28,30)(H,29,33). The van der Waals surface area contributed by atoms with Gasteiger partial charge in [0, 0.05) is 48.4 Å². The van der Waals surface area contributed by atoms with Crippen LogP contribution in [-0.4, -0.2) is 29.9 Å². The second kappa shape index (κ2) is 10.5. The van der Waals surface area contributed by atoms with E-state index >= 15 is 0 Å². The number of carbonyl (C=O) groups is 2. The quantitative estimate of drug-likeness (QED) is 0.537.